The molecule has 3 rings (SSSR count). The fourth-order valence-corrected chi connectivity index (χ4v) is 3.78. The van der Waals surface area contributed by atoms with Crippen molar-refractivity contribution < 1.29 is 13.6 Å². The Labute approximate surface area is 180 Å². The lowest BCUT2D eigenvalue weighted by molar-refractivity contribution is 0.103. The molecule has 2 heterocycles. The summed E-state index contributed by atoms with van der Waals surface area (Å²) in [5.74, 6) is -0.308. The van der Waals surface area contributed by atoms with Gasteiger partial charge in [-0.15, -0.1) is 0 Å². The normalized spacial score (nSPS) is 11.0. The number of hydrogen-bond donors (Lipinski definition) is 1. The van der Waals surface area contributed by atoms with Crippen molar-refractivity contribution >= 4 is 46.6 Å². The van der Waals surface area contributed by atoms with Crippen LogP contribution in [0.1, 0.15) is 39.3 Å². The molecular weight excluding hydrogens is 439 g/mol. The van der Waals surface area contributed by atoms with E-state index in [9.17, 15) is 13.6 Å². The molecule has 4 nitrogen and oxygen atoms in total. The van der Waals surface area contributed by atoms with Crippen LogP contribution in [0.3, 0.4) is 0 Å². The second-order valence-electron chi connectivity index (χ2n) is 6.16. The van der Waals surface area contributed by atoms with E-state index in [2.05, 4.69) is 14.7 Å². The molecule has 0 bridgehead atoms. The predicted octanol–water partition coefficient (Wildman–Crippen LogP) is 6.69. The Balaban J connectivity index is 1.92. The number of rotatable bonds is 6. The Morgan fingerprint density at radius 3 is 2.59 bits per heavy atom. The number of benzene rings is 1. The zero-order chi connectivity index (χ0) is 21.1. The molecule has 9 heteroatoms. The molecule has 0 saturated heterocycles. The lowest BCUT2D eigenvalue weighted by Crippen LogP contribution is -2.11. The second kappa shape index (κ2) is 9.07. The van der Waals surface area contributed by atoms with E-state index in [1.54, 1.807) is 31.3 Å². The van der Waals surface area contributed by atoms with Crippen LogP contribution in [-0.2, 0) is 0 Å². The SMILES string of the molecule is Cc1ccnc(C)c1C(=O)c1ncc(Cl)cc1NSc1ccc(Cl)c(C(F)F)c1. The molecule has 0 atom stereocenters. The van der Waals surface area contributed by atoms with Crippen LogP contribution in [0.25, 0.3) is 0 Å². The van der Waals surface area contributed by atoms with Crippen LogP contribution in [0.2, 0.25) is 10.0 Å². The van der Waals surface area contributed by atoms with E-state index >= 15 is 0 Å². The topological polar surface area (TPSA) is 54.9 Å². The number of anilines is 1. The first-order valence-corrected chi connectivity index (χ1v) is 9.98. The van der Waals surface area contributed by atoms with Crippen LogP contribution in [0.15, 0.2) is 47.6 Å². The molecule has 0 aliphatic rings. The van der Waals surface area contributed by atoms with Crippen molar-refractivity contribution in [1.29, 1.82) is 0 Å². The summed E-state index contributed by atoms with van der Waals surface area (Å²) in [4.78, 5) is 22.0. The number of nitrogens with zero attached hydrogens (tertiary/aromatic N) is 2. The van der Waals surface area contributed by atoms with Gasteiger partial charge < -0.3 is 4.72 Å². The van der Waals surface area contributed by atoms with Crippen molar-refractivity contribution in [1.82, 2.24) is 9.97 Å². The van der Waals surface area contributed by atoms with Gasteiger partial charge in [-0.3, -0.25) is 9.78 Å². The molecule has 0 aliphatic carbocycles. The zero-order valence-corrected chi connectivity index (χ0v) is 17.7. The van der Waals surface area contributed by atoms with Crippen molar-refractivity contribution in [3.05, 3.63) is 80.8 Å². The Morgan fingerprint density at radius 1 is 1.14 bits per heavy atom. The number of ketones is 1. The van der Waals surface area contributed by atoms with Crippen molar-refractivity contribution in [3.8, 4) is 0 Å². The van der Waals surface area contributed by atoms with E-state index in [0.717, 1.165) is 17.5 Å². The highest BCUT2D eigenvalue weighted by Crippen LogP contribution is 2.33. The standard InChI is InChI=1S/C20H15Cl2F2N3OS/c1-10-5-6-25-11(2)17(10)19(28)18-16(7-12(21)9-26-18)27-29-13-3-4-15(22)14(8-13)20(23)24/h3-9,20,27H,1-2H3. The minimum atomic E-state index is -2.69. The van der Waals surface area contributed by atoms with Gasteiger partial charge in [-0.2, -0.15) is 0 Å². The van der Waals surface area contributed by atoms with Gasteiger partial charge in [-0.05, 0) is 61.7 Å². The summed E-state index contributed by atoms with van der Waals surface area (Å²) in [7, 11) is 0. The zero-order valence-electron chi connectivity index (χ0n) is 15.3. The Bertz CT molecular complexity index is 1060. The maximum absolute atomic E-state index is 13.1. The van der Waals surface area contributed by atoms with Gasteiger partial charge in [0.1, 0.15) is 5.69 Å². The van der Waals surface area contributed by atoms with Gasteiger partial charge >= 0.3 is 0 Å². The van der Waals surface area contributed by atoms with E-state index in [1.165, 1.54) is 18.3 Å². The third kappa shape index (κ3) is 4.86. The number of hydrogen-bond acceptors (Lipinski definition) is 5. The fraction of sp³-hybridized carbons (Fsp3) is 0.150. The highest BCUT2D eigenvalue weighted by Gasteiger charge is 2.21. The number of pyridine rings is 2. The predicted molar refractivity (Wildman–Crippen MR) is 112 cm³/mol. The Morgan fingerprint density at radius 2 is 1.90 bits per heavy atom. The Kier molecular flexibility index (Phi) is 6.72. The molecule has 0 spiro atoms. The molecule has 1 aromatic carbocycles. The maximum atomic E-state index is 13.1. The first-order chi connectivity index (χ1) is 13.8. The van der Waals surface area contributed by atoms with Crippen LogP contribution in [0, 0.1) is 13.8 Å². The van der Waals surface area contributed by atoms with Crippen molar-refractivity contribution in [2.45, 2.75) is 25.2 Å². The van der Waals surface area contributed by atoms with Gasteiger partial charge in [0.25, 0.3) is 6.43 Å². The third-order valence-corrected chi connectivity index (χ3v) is 5.49. The van der Waals surface area contributed by atoms with Gasteiger partial charge in [-0.1, -0.05) is 23.2 Å². The lowest BCUT2D eigenvalue weighted by atomic mass is 10.0. The Hall–Kier alpha value is -2.22. The summed E-state index contributed by atoms with van der Waals surface area (Å²) < 4.78 is 29.1. The molecule has 0 unspecified atom stereocenters. The smallest absolute Gasteiger partial charge is 0.265 e. The molecule has 0 saturated carbocycles. The van der Waals surface area contributed by atoms with Gasteiger partial charge in [0.2, 0.25) is 5.78 Å². The summed E-state index contributed by atoms with van der Waals surface area (Å²) in [5, 5.41) is 0.320. The van der Waals surface area contributed by atoms with Crippen LogP contribution in [0.5, 0.6) is 0 Å². The molecule has 29 heavy (non-hydrogen) atoms. The molecule has 3 aromatic rings. The van der Waals surface area contributed by atoms with E-state index in [-0.39, 0.29) is 22.1 Å². The molecule has 0 amide bonds. The summed E-state index contributed by atoms with van der Waals surface area (Å²) in [6.45, 7) is 3.57. The average molecular weight is 454 g/mol. The number of alkyl halides is 2. The minimum Gasteiger partial charge on any atom is -0.324 e. The third-order valence-electron chi connectivity index (χ3n) is 4.13. The highest BCUT2D eigenvalue weighted by molar-refractivity contribution is 8.00. The summed E-state index contributed by atoms with van der Waals surface area (Å²) in [5.41, 5.74) is 2.08. The number of nitrogens with one attached hydrogen (secondary N) is 1. The molecule has 2 aromatic heterocycles. The molecule has 150 valence electrons. The maximum Gasteiger partial charge on any atom is 0.265 e. The largest absolute Gasteiger partial charge is 0.324 e. The van der Waals surface area contributed by atoms with Gasteiger partial charge in [0.15, 0.2) is 0 Å². The van der Waals surface area contributed by atoms with Crippen molar-refractivity contribution in [2.75, 3.05) is 4.72 Å². The van der Waals surface area contributed by atoms with E-state index < -0.39 is 6.43 Å². The first kappa shape index (κ1) is 21.5. The first-order valence-electron chi connectivity index (χ1n) is 8.41. The van der Waals surface area contributed by atoms with E-state index in [4.69, 9.17) is 23.2 Å². The van der Waals surface area contributed by atoms with Crippen LogP contribution < -0.4 is 4.72 Å². The molecule has 0 fully saturated rings. The van der Waals surface area contributed by atoms with Gasteiger partial charge in [0, 0.05) is 39.1 Å². The number of carbonyl (C=O) groups excluding carboxylic acids is 1. The molecule has 0 radical (unpaired) electrons. The average Bonchev–Trinajstić information content (AvgIpc) is 2.67. The minimum absolute atomic E-state index is 0.00725. The molecular formula is C20H15Cl2F2N3OS. The fourth-order valence-electron chi connectivity index (χ4n) is 2.72. The number of aryl methyl sites for hydroxylation is 2. The monoisotopic (exact) mass is 453 g/mol. The number of aromatic nitrogens is 2. The van der Waals surface area contributed by atoms with Crippen LogP contribution in [0.4, 0.5) is 14.5 Å². The quantitative estimate of drug-likeness (QED) is 0.332. The summed E-state index contributed by atoms with van der Waals surface area (Å²) >= 11 is 12.9. The van der Waals surface area contributed by atoms with Crippen LogP contribution >= 0.6 is 35.1 Å². The number of carbonyl (C=O) groups is 1. The van der Waals surface area contributed by atoms with Crippen molar-refractivity contribution in [2.24, 2.45) is 0 Å². The summed E-state index contributed by atoms with van der Waals surface area (Å²) in [6, 6.07) is 7.59. The molecule has 0 aliphatic heterocycles. The van der Waals surface area contributed by atoms with Crippen LogP contribution in [-0.4, -0.2) is 15.8 Å². The van der Waals surface area contributed by atoms with E-state index in [0.29, 0.717) is 26.9 Å². The number of halogens is 4. The van der Waals surface area contributed by atoms with Gasteiger partial charge in [-0.25, -0.2) is 13.8 Å². The second-order valence-corrected chi connectivity index (χ2v) is 7.88. The van der Waals surface area contributed by atoms with Crippen molar-refractivity contribution in [3.63, 3.8) is 0 Å². The molecule has 1 N–H and O–H groups in total. The highest BCUT2D eigenvalue weighted by atomic mass is 35.5. The van der Waals surface area contributed by atoms with E-state index in [1.807, 2.05) is 6.92 Å². The van der Waals surface area contributed by atoms with Gasteiger partial charge in [0.05, 0.1) is 10.7 Å². The summed E-state index contributed by atoms with van der Waals surface area (Å²) in [6.07, 6.45) is 0.319. The lowest BCUT2D eigenvalue weighted by Gasteiger charge is -2.13.